The highest BCUT2D eigenvalue weighted by atomic mass is 35.5. The summed E-state index contributed by atoms with van der Waals surface area (Å²) in [5, 5.41) is 10.5. The van der Waals surface area contributed by atoms with Crippen molar-refractivity contribution in [2.75, 3.05) is 6.61 Å². The van der Waals surface area contributed by atoms with Gasteiger partial charge < -0.3 is 19.9 Å². The second-order valence-corrected chi connectivity index (χ2v) is 8.39. The molecular weight excluding hydrogens is 440 g/mol. The van der Waals surface area contributed by atoms with Gasteiger partial charge in [-0.25, -0.2) is 4.79 Å². The third kappa shape index (κ3) is 4.99. The van der Waals surface area contributed by atoms with Crippen LogP contribution in [0.4, 0.5) is 0 Å². The molecule has 1 atom stereocenters. The summed E-state index contributed by atoms with van der Waals surface area (Å²) in [7, 11) is 0. The van der Waals surface area contributed by atoms with Crippen molar-refractivity contribution in [2.24, 2.45) is 5.73 Å². The predicted octanol–water partition coefficient (Wildman–Crippen LogP) is 5.49. The van der Waals surface area contributed by atoms with Gasteiger partial charge in [0, 0.05) is 5.02 Å². The lowest BCUT2D eigenvalue weighted by molar-refractivity contribution is -0.139. The number of aryl methyl sites for hydroxylation is 3. The molecule has 33 heavy (non-hydrogen) atoms. The Morgan fingerprint density at radius 2 is 1.88 bits per heavy atom. The van der Waals surface area contributed by atoms with Crippen LogP contribution in [0.1, 0.15) is 47.6 Å². The van der Waals surface area contributed by atoms with Gasteiger partial charge in [0.2, 0.25) is 5.88 Å². The van der Waals surface area contributed by atoms with Crippen molar-refractivity contribution in [3.8, 4) is 11.8 Å². The van der Waals surface area contributed by atoms with Crippen molar-refractivity contribution in [1.29, 1.82) is 5.26 Å². The predicted molar refractivity (Wildman–Crippen MR) is 126 cm³/mol. The maximum atomic E-state index is 12.8. The van der Waals surface area contributed by atoms with Crippen LogP contribution >= 0.6 is 11.6 Å². The van der Waals surface area contributed by atoms with E-state index in [0.29, 0.717) is 17.4 Å². The minimum Gasteiger partial charge on any atom is -0.489 e. The van der Waals surface area contributed by atoms with Crippen LogP contribution in [0.3, 0.4) is 0 Å². The number of halogens is 1. The monoisotopic (exact) mass is 466 g/mol. The number of rotatable bonds is 6. The highest BCUT2D eigenvalue weighted by Crippen LogP contribution is 2.41. The molecule has 0 fully saturated rings. The van der Waals surface area contributed by atoms with E-state index in [-0.39, 0.29) is 23.6 Å². The fraction of sp³-hybridized carbons (Fsp3) is 0.308. The van der Waals surface area contributed by atoms with Crippen molar-refractivity contribution in [3.05, 3.63) is 86.0 Å². The molecule has 1 heterocycles. The van der Waals surface area contributed by atoms with Crippen molar-refractivity contribution in [2.45, 2.75) is 47.1 Å². The Balaban J connectivity index is 2.06. The summed E-state index contributed by atoms with van der Waals surface area (Å²) < 4.78 is 16.9. The molecule has 0 radical (unpaired) electrons. The van der Waals surface area contributed by atoms with Crippen LogP contribution in [-0.4, -0.2) is 12.6 Å². The van der Waals surface area contributed by atoms with E-state index in [0.717, 1.165) is 33.6 Å². The van der Waals surface area contributed by atoms with Gasteiger partial charge in [-0.2, -0.15) is 5.26 Å². The maximum absolute atomic E-state index is 12.8. The summed E-state index contributed by atoms with van der Waals surface area (Å²) in [6.45, 7) is 9.76. The number of hydrogen-bond donors (Lipinski definition) is 1. The Hall–Kier alpha value is -3.43. The number of hydrogen-bond acceptors (Lipinski definition) is 6. The smallest absolute Gasteiger partial charge is 0.338 e. The van der Waals surface area contributed by atoms with E-state index in [4.69, 9.17) is 31.5 Å². The number of nitriles is 1. The standard InChI is InChI=1S/C26H27ClN2O4/c1-6-31-26(30)23-17(5)33-25(29)21(12-28)24(23)20-11-18(14(2)9-15(20)3)13-32-22-8-7-19(27)10-16(22)4/h7-11,24H,6,13,29H2,1-5H3. The van der Waals surface area contributed by atoms with Crippen LogP contribution in [0.15, 0.2) is 53.1 Å². The van der Waals surface area contributed by atoms with Gasteiger partial charge in [-0.1, -0.05) is 23.7 Å². The Kier molecular flexibility index (Phi) is 7.35. The van der Waals surface area contributed by atoms with E-state index < -0.39 is 11.9 Å². The molecular formula is C26H27ClN2O4. The average Bonchev–Trinajstić information content (AvgIpc) is 2.74. The molecule has 0 aromatic heterocycles. The van der Waals surface area contributed by atoms with Gasteiger partial charge in [-0.15, -0.1) is 0 Å². The Morgan fingerprint density at radius 1 is 1.15 bits per heavy atom. The molecule has 0 aliphatic carbocycles. The first-order valence-corrected chi connectivity index (χ1v) is 11.0. The van der Waals surface area contributed by atoms with Gasteiger partial charge in [0.1, 0.15) is 29.8 Å². The highest BCUT2D eigenvalue weighted by Gasteiger charge is 2.37. The summed E-state index contributed by atoms with van der Waals surface area (Å²) in [6, 6.07) is 11.6. The first-order valence-electron chi connectivity index (χ1n) is 10.6. The Morgan fingerprint density at radius 3 is 2.52 bits per heavy atom. The number of carbonyl (C=O) groups is 1. The van der Waals surface area contributed by atoms with E-state index >= 15 is 0 Å². The number of benzene rings is 2. The molecule has 6 nitrogen and oxygen atoms in total. The summed E-state index contributed by atoms with van der Waals surface area (Å²) in [6.07, 6.45) is 0. The molecule has 2 N–H and O–H groups in total. The molecule has 2 aromatic carbocycles. The number of allylic oxidation sites excluding steroid dienone is 2. The third-order valence-corrected chi connectivity index (χ3v) is 5.89. The minimum absolute atomic E-state index is 0.0115. The second-order valence-electron chi connectivity index (χ2n) is 7.95. The van der Waals surface area contributed by atoms with Crippen LogP contribution in [0.2, 0.25) is 5.02 Å². The lowest BCUT2D eigenvalue weighted by Gasteiger charge is -2.28. The molecule has 172 valence electrons. The van der Waals surface area contributed by atoms with Gasteiger partial charge in [-0.05, 0) is 80.6 Å². The lowest BCUT2D eigenvalue weighted by Crippen LogP contribution is -2.26. The lowest BCUT2D eigenvalue weighted by atomic mass is 9.80. The zero-order valence-electron chi connectivity index (χ0n) is 19.4. The summed E-state index contributed by atoms with van der Waals surface area (Å²) >= 11 is 6.05. The van der Waals surface area contributed by atoms with Crippen molar-refractivity contribution >= 4 is 17.6 Å². The largest absolute Gasteiger partial charge is 0.489 e. The summed E-state index contributed by atoms with van der Waals surface area (Å²) in [5.74, 6) is -0.182. The number of nitrogens with zero attached hydrogens (tertiary/aromatic N) is 1. The quantitative estimate of drug-likeness (QED) is 0.565. The van der Waals surface area contributed by atoms with Gasteiger partial charge in [0.15, 0.2) is 0 Å². The van der Waals surface area contributed by atoms with Gasteiger partial charge >= 0.3 is 5.97 Å². The van der Waals surface area contributed by atoms with Crippen LogP contribution in [0, 0.1) is 32.1 Å². The number of ether oxygens (including phenoxy) is 3. The zero-order chi connectivity index (χ0) is 24.3. The Bertz CT molecular complexity index is 1210. The Labute approximate surface area is 199 Å². The molecule has 3 rings (SSSR count). The SMILES string of the molecule is CCOC(=O)C1=C(C)OC(N)=C(C#N)C1c1cc(COc2ccc(Cl)cc2C)c(C)cc1C. The number of carbonyl (C=O) groups excluding carboxylic acids is 1. The molecule has 0 saturated heterocycles. The van der Waals surface area contributed by atoms with Crippen LogP contribution < -0.4 is 10.5 Å². The van der Waals surface area contributed by atoms with E-state index in [1.807, 2.05) is 45.0 Å². The van der Waals surface area contributed by atoms with E-state index in [1.165, 1.54) is 0 Å². The van der Waals surface area contributed by atoms with E-state index in [9.17, 15) is 10.1 Å². The molecule has 1 aliphatic rings. The normalized spacial score (nSPS) is 15.7. The van der Waals surface area contributed by atoms with Gasteiger partial charge in [0.05, 0.1) is 18.1 Å². The van der Waals surface area contributed by atoms with E-state index in [1.54, 1.807) is 19.9 Å². The second kappa shape index (κ2) is 10.0. The zero-order valence-corrected chi connectivity index (χ0v) is 20.2. The first kappa shape index (κ1) is 24.2. The molecule has 2 aromatic rings. The molecule has 1 unspecified atom stereocenters. The third-order valence-electron chi connectivity index (χ3n) is 5.66. The molecule has 0 bridgehead atoms. The van der Waals surface area contributed by atoms with Crippen molar-refractivity contribution < 1.29 is 19.0 Å². The molecule has 7 heteroatoms. The fourth-order valence-corrected chi connectivity index (χ4v) is 4.21. The van der Waals surface area contributed by atoms with Crippen LogP contribution in [0.5, 0.6) is 5.75 Å². The average molecular weight is 467 g/mol. The summed E-state index contributed by atoms with van der Waals surface area (Å²) in [4.78, 5) is 12.8. The topological polar surface area (TPSA) is 94.6 Å². The minimum atomic E-state index is -0.695. The van der Waals surface area contributed by atoms with Gasteiger partial charge in [0.25, 0.3) is 0 Å². The van der Waals surface area contributed by atoms with Gasteiger partial charge in [-0.3, -0.25) is 0 Å². The molecule has 0 amide bonds. The number of esters is 1. The maximum Gasteiger partial charge on any atom is 0.338 e. The van der Waals surface area contributed by atoms with Crippen LogP contribution in [-0.2, 0) is 20.9 Å². The van der Waals surface area contributed by atoms with Crippen molar-refractivity contribution in [3.63, 3.8) is 0 Å². The molecule has 0 saturated carbocycles. The summed E-state index contributed by atoms with van der Waals surface area (Å²) in [5.41, 5.74) is 11.1. The van der Waals surface area contributed by atoms with Crippen molar-refractivity contribution in [1.82, 2.24) is 0 Å². The van der Waals surface area contributed by atoms with Crippen LogP contribution in [0.25, 0.3) is 0 Å². The number of nitrogens with two attached hydrogens (primary N) is 1. The highest BCUT2D eigenvalue weighted by molar-refractivity contribution is 6.30. The first-order chi connectivity index (χ1) is 15.7. The molecule has 1 aliphatic heterocycles. The van der Waals surface area contributed by atoms with E-state index in [2.05, 4.69) is 6.07 Å². The molecule has 0 spiro atoms. The fourth-order valence-electron chi connectivity index (χ4n) is 3.98.